The minimum atomic E-state index is -0.513. The van der Waals surface area contributed by atoms with Crippen LogP contribution in [-0.4, -0.2) is 29.2 Å². The van der Waals surface area contributed by atoms with Gasteiger partial charge in [-0.15, -0.1) is 0 Å². The van der Waals surface area contributed by atoms with Crippen LogP contribution in [0.1, 0.15) is 34.6 Å². The number of fused-ring (bicyclic) bond motifs is 1. The van der Waals surface area contributed by atoms with E-state index in [9.17, 15) is 9.59 Å². The van der Waals surface area contributed by atoms with Crippen molar-refractivity contribution in [2.45, 2.75) is 30.2 Å². The molecule has 176 valence electrons. The van der Waals surface area contributed by atoms with Crippen molar-refractivity contribution in [2.75, 3.05) is 19.0 Å². The van der Waals surface area contributed by atoms with Crippen molar-refractivity contribution in [3.63, 3.8) is 0 Å². The quantitative estimate of drug-likeness (QED) is 0.294. The maximum atomic E-state index is 13.3. The third-order valence-corrected chi connectivity index (χ3v) is 6.84. The average Bonchev–Trinajstić information content (AvgIpc) is 2.84. The molecule has 0 bridgehead atoms. The average molecular weight is 478 g/mol. The molecule has 1 atom stereocenters. The monoisotopic (exact) mass is 477 g/mol. The molecule has 1 unspecified atom stereocenters. The summed E-state index contributed by atoms with van der Waals surface area (Å²) >= 11 is 1.46. The van der Waals surface area contributed by atoms with Gasteiger partial charge in [-0.3, -0.25) is 9.59 Å². The number of methoxy groups -OCH3 is 1. The highest BCUT2D eigenvalue weighted by Crippen LogP contribution is 2.43. The number of hydrogen-bond donors (Lipinski definition) is 1. The van der Waals surface area contributed by atoms with Gasteiger partial charge in [-0.25, -0.2) is 0 Å². The van der Waals surface area contributed by atoms with Crippen molar-refractivity contribution in [1.82, 2.24) is 9.55 Å². The van der Waals surface area contributed by atoms with Crippen molar-refractivity contribution in [2.24, 2.45) is 7.05 Å². The highest BCUT2D eigenvalue weighted by molar-refractivity contribution is 7.98. The smallest absolute Gasteiger partial charge is 0.279 e. The van der Waals surface area contributed by atoms with Gasteiger partial charge in [0.25, 0.3) is 5.56 Å². The molecule has 0 fully saturated rings. The third kappa shape index (κ3) is 4.72. The van der Waals surface area contributed by atoms with E-state index in [1.165, 1.54) is 17.3 Å². The number of carbonyl (C=O) groups is 1. The number of aryl methyl sites for hydroxylation is 1. The number of para-hydroxylation sites is 1. The Hall–Kier alpha value is -3.52. The van der Waals surface area contributed by atoms with Crippen LogP contribution in [0.3, 0.4) is 0 Å². The number of ether oxygens (including phenoxy) is 2. The lowest BCUT2D eigenvalue weighted by molar-refractivity contribution is -0.116. The van der Waals surface area contributed by atoms with E-state index in [0.717, 1.165) is 5.56 Å². The summed E-state index contributed by atoms with van der Waals surface area (Å²) in [5.41, 5.74) is 3.11. The van der Waals surface area contributed by atoms with E-state index < -0.39 is 5.92 Å². The van der Waals surface area contributed by atoms with E-state index in [1.54, 1.807) is 23.8 Å². The number of aromatic nitrogens is 2. The van der Waals surface area contributed by atoms with Crippen molar-refractivity contribution >= 4 is 23.5 Å². The summed E-state index contributed by atoms with van der Waals surface area (Å²) in [6, 6.07) is 13.7. The molecule has 2 heterocycles. The number of nitrogens with zero attached hydrogens (tertiary/aromatic N) is 2. The number of carbonyl (C=O) groups excluding carboxylic acids is 1. The number of benzene rings is 2. The van der Waals surface area contributed by atoms with Crippen molar-refractivity contribution in [1.29, 1.82) is 0 Å². The SMILES string of the molecule is C=CCOc1c(OC)cccc1C1CC(=O)Nc2c1c(=O)nc(SCc1ccc(C)cc1)n2C. The Morgan fingerprint density at radius 3 is 2.71 bits per heavy atom. The minimum Gasteiger partial charge on any atom is -0.493 e. The molecule has 0 radical (unpaired) electrons. The van der Waals surface area contributed by atoms with Gasteiger partial charge in [0.1, 0.15) is 12.4 Å². The van der Waals surface area contributed by atoms with Crippen LogP contribution in [0.15, 0.2) is 65.1 Å². The van der Waals surface area contributed by atoms with E-state index in [2.05, 4.69) is 41.1 Å². The molecular formula is C26H27N3O4S. The van der Waals surface area contributed by atoms with Crippen LogP contribution in [0.25, 0.3) is 0 Å². The Balaban J connectivity index is 1.75. The fourth-order valence-corrected chi connectivity index (χ4v) is 4.95. The molecule has 0 aliphatic carbocycles. The van der Waals surface area contributed by atoms with Gasteiger partial charge < -0.3 is 19.4 Å². The molecule has 7 nitrogen and oxygen atoms in total. The number of nitrogens with one attached hydrogen (secondary N) is 1. The van der Waals surface area contributed by atoms with Gasteiger partial charge in [-0.05, 0) is 18.6 Å². The van der Waals surface area contributed by atoms with Gasteiger partial charge in [0.2, 0.25) is 5.91 Å². The molecule has 4 rings (SSSR count). The van der Waals surface area contributed by atoms with Crippen LogP contribution in [-0.2, 0) is 17.6 Å². The summed E-state index contributed by atoms with van der Waals surface area (Å²) in [4.78, 5) is 30.4. The topological polar surface area (TPSA) is 82.4 Å². The van der Waals surface area contributed by atoms with Gasteiger partial charge in [-0.2, -0.15) is 4.98 Å². The van der Waals surface area contributed by atoms with Crippen molar-refractivity contribution in [3.8, 4) is 11.5 Å². The zero-order valence-corrected chi connectivity index (χ0v) is 20.3. The number of rotatable bonds is 8. The summed E-state index contributed by atoms with van der Waals surface area (Å²) in [5.74, 6) is 1.46. The first-order chi connectivity index (χ1) is 16.4. The minimum absolute atomic E-state index is 0.109. The molecule has 0 spiro atoms. The standard InChI is InChI=1S/C26H27N3O4S/c1-5-13-33-23-18(7-6-8-20(23)32-4)19-14-21(30)27-24-22(19)25(31)28-26(29(24)3)34-15-17-11-9-16(2)10-12-17/h5-12,19H,1,13-15H2,2-4H3,(H,27,30). The molecule has 34 heavy (non-hydrogen) atoms. The summed E-state index contributed by atoms with van der Waals surface area (Å²) in [7, 11) is 3.37. The molecule has 2 aromatic carbocycles. The largest absolute Gasteiger partial charge is 0.493 e. The second kappa shape index (κ2) is 10.2. The third-order valence-electron chi connectivity index (χ3n) is 5.74. The summed E-state index contributed by atoms with van der Waals surface area (Å²) < 4.78 is 13.2. The first kappa shape index (κ1) is 23.6. The molecule has 1 aliphatic heterocycles. The van der Waals surface area contributed by atoms with Crippen LogP contribution in [0.5, 0.6) is 11.5 Å². The van der Waals surface area contributed by atoms with Crippen LogP contribution >= 0.6 is 11.8 Å². The molecule has 8 heteroatoms. The maximum absolute atomic E-state index is 13.3. The zero-order chi connectivity index (χ0) is 24.2. The van der Waals surface area contributed by atoms with Gasteiger partial charge in [0, 0.05) is 30.7 Å². The zero-order valence-electron chi connectivity index (χ0n) is 19.5. The van der Waals surface area contributed by atoms with E-state index in [0.29, 0.717) is 39.4 Å². The number of anilines is 1. The molecule has 0 saturated carbocycles. The fourth-order valence-electron chi connectivity index (χ4n) is 4.03. The Morgan fingerprint density at radius 1 is 1.24 bits per heavy atom. The van der Waals surface area contributed by atoms with Crippen molar-refractivity contribution < 1.29 is 14.3 Å². The Kier molecular flexibility index (Phi) is 7.07. The van der Waals surface area contributed by atoms with Crippen LogP contribution in [0.4, 0.5) is 5.82 Å². The normalized spacial score (nSPS) is 14.8. The highest BCUT2D eigenvalue weighted by atomic mass is 32.2. The fraction of sp³-hybridized carbons (Fsp3) is 0.269. The molecule has 1 aliphatic rings. The summed E-state index contributed by atoms with van der Waals surface area (Å²) in [6.45, 7) is 6.02. The van der Waals surface area contributed by atoms with E-state index in [1.807, 2.05) is 26.1 Å². The molecule has 1 aromatic heterocycles. The van der Waals surface area contributed by atoms with Gasteiger partial charge in [-0.1, -0.05) is 66.4 Å². The van der Waals surface area contributed by atoms with Gasteiger partial charge >= 0.3 is 0 Å². The maximum Gasteiger partial charge on any atom is 0.279 e. The first-order valence-electron chi connectivity index (χ1n) is 10.9. The van der Waals surface area contributed by atoms with Crippen LogP contribution < -0.4 is 20.3 Å². The Bertz CT molecular complexity index is 1280. The predicted molar refractivity (Wildman–Crippen MR) is 134 cm³/mol. The molecule has 1 amide bonds. The predicted octanol–water partition coefficient (Wildman–Crippen LogP) is 4.43. The number of thioether (sulfide) groups is 1. The van der Waals surface area contributed by atoms with E-state index in [4.69, 9.17) is 9.47 Å². The number of amides is 1. The Morgan fingerprint density at radius 2 is 2.00 bits per heavy atom. The van der Waals surface area contributed by atoms with Crippen molar-refractivity contribution in [3.05, 3.63) is 87.7 Å². The summed E-state index contributed by atoms with van der Waals surface area (Å²) in [6.07, 6.45) is 1.74. The van der Waals surface area contributed by atoms with Gasteiger partial charge in [0.15, 0.2) is 16.7 Å². The number of hydrogen-bond acceptors (Lipinski definition) is 6. The molecule has 0 saturated heterocycles. The second-order valence-corrected chi connectivity index (χ2v) is 9.02. The lowest BCUT2D eigenvalue weighted by atomic mass is 9.86. The van der Waals surface area contributed by atoms with E-state index >= 15 is 0 Å². The Labute approximate surface area is 202 Å². The second-order valence-electron chi connectivity index (χ2n) is 8.08. The highest BCUT2D eigenvalue weighted by Gasteiger charge is 2.34. The van der Waals surface area contributed by atoms with Gasteiger partial charge in [0.05, 0.1) is 12.7 Å². The lowest BCUT2D eigenvalue weighted by Crippen LogP contribution is -2.33. The first-order valence-corrected chi connectivity index (χ1v) is 11.9. The lowest BCUT2D eigenvalue weighted by Gasteiger charge is -2.29. The molecule has 3 aromatic rings. The van der Waals surface area contributed by atoms with E-state index in [-0.39, 0.29) is 24.5 Å². The summed E-state index contributed by atoms with van der Waals surface area (Å²) in [5, 5.41) is 3.43. The molecular weight excluding hydrogens is 450 g/mol. The van der Waals surface area contributed by atoms with Crippen LogP contribution in [0, 0.1) is 6.92 Å². The molecule has 1 N–H and O–H groups in total. The van der Waals surface area contributed by atoms with Crippen LogP contribution in [0.2, 0.25) is 0 Å².